The van der Waals surface area contributed by atoms with Gasteiger partial charge in [-0.1, -0.05) is 0 Å². The first-order valence-corrected chi connectivity index (χ1v) is 9.77. The van der Waals surface area contributed by atoms with E-state index in [1.807, 2.05) is 0 Å². The number of hydrogen-bond donors (Lipinski definition) is 2. The number of hydrazine groups is 1. The molecule has 0 radical (unpaired) electrons. The van der Waals surface area contributed by atoms with E-state index >= 15 is 0 Å². The Morgan fingerprint density at radius 3 is 2.31 bits per heavy atom. The van der Waals surface area contributed by atoms with Crippen molar-refractivity contribution in [2.75, 3.05) is 29.0 Å². The molecule has 1 fully saturated rings. The summed E-state index contributed by atoms with van der Waals surface area (Å²) < 4.78 is 85.6. The lowest BCUT2D eigenvalue weighted by atomic mass is 10.1. The van der Waals surface area contributed by atoms with Crippen LogP contribution >= 0.6 is 0 Å². The first kappa shape index (κ1) is 20.4. The first-order valence-electron chi connectivity index (χ1n) is 6.89. The van der Waals surface area contributed by atoms with Gasteiger partial charge in [-0.15, -0.1) is 13.2 Å². The second-order valence-corrected chi connectivity index (χ2v) is 8.25. The van der Waals surface area contributed by atoms with Crippen LogP contribution in [-0.2, 0) is 21.1 Å². The van der Waals surface area contributed by atoms with Gasteiger partial charge in [-0.25, -0.2) is 22.4 Å². The number of halogens is 3. The van der Waals surface area contributed by atoms with Crippen molar-refractivity contribution >= 4 is 32.8 Å². The van der Waals surface area contributed by atoms with Crippen LogP contribution in [0, 0.1) is 0 Å². The van der Waals surface area contributed by atoms with Gasteiger partial charge in [0.25, 0.3) is 11.3 Å². The second kappa shape index (κ2) is 7.38. The van der Waals surface area contributed by atoms with E-state index in [1.165, 1.54) is 0 Å². The van der Waals surface area contributed by atoms with Gasteiger partial charge in [0, 0.05) is 19.2 Å². The zero-order valence-corrected chi connectivity index (χ0v) is 14.5. The van der Waals surface area contributed by atoms with E-state index in [-0.39, 0.29) is 24.6 Å². The van der Waals surface area contributed by atoms with Crippen LogP contribution in [0.25, 0.3) is 0 Å². The summed E-state index contributed by atoms with van der Waals surface area (Å²) in [6.07, 6.45) is -5.05. The molecular formula is C12H13F3N2O7S2. The van der Waals surface area contributed by atoms with Crippen molar-refractivity contribution in [1.82, 2.24) is 5.01 Å². The van der Waals surface area contributed by atoms with Gasteiger partial charge in [-0.05, 0) is 12.1 Å². The molecule has 1 aliphatic rings. The summed E-state index contributed by atoms with van der Waals surface area (Å²) >= 11 is -2.87. The molecule has 0 bridgehead atoms. The van der Waals surface area contributed by atoms with E-state index in [0.717, 1.165) is 17.1 Å². The molecule has 0 aromatic heterocycles. The molecule has 1 heterocycles. The van der Waals surface area contributed by atoms with E-state index in [1.54, 1.807) is 0 Å². The van der Waals surface area contributed by atoms with Crippen molar-refractivity contribution < 1.29 is 45.0 Å². The van der Waals surface area contributed by atoms with Crippen LogP contribution < -0.4 is 9.15 Å². The summed E-state index contributed by atoms with van der Waals surface area (Å²) in [5, 5.41) is 10.3. The minimum Gasteiger partial charge on any atom is -0.478 e. The molecule has 1 aromatic rings. The number of carboxylic acids is 1. The summed E-state index contributed by atoms with van der Waals surface area (Å²) in [5.41, 5.74) is -1.10. The minimum atomic E-state index is -5.05. The van der Waals surface area contributed by atoms with Crippen LogP contribution in [-0.4, -0.2) is 64.2 Å². The first-order chi connectivity index (χ1) is 11.9. The molecule has 1 unspecified atom stereocenters. The van der Waals surface area contributed by atoms with Crippen LogP contribution in [0.4, 0.5) is 18.9 Å². The van der Waals surface area contributed by atoms with Crippen LogP contribution in [0.2, 0.25) is 0 Å². The highest BCUT2D eigenvalue weighted by Gasteiger charge is 2.34. The Morgan fingerprint density at radius 2 is 1.85 bits per heavy atom. The third-order valence-electron chi connectivity index (χ3n) is 3.36. The number of carbonyl (C=O) groups is 1. The van der Waals surface area contributed by atoms with Gasteiger partial charge in [0.15, 0.2) is 9.84 Å². The predicted molar refractivity (Wildman–Crippen MR) is 83.6 cm³/mol. The summed E-state index contributed by atoms with van der Waals surface area (Å²) in [7, 11) is -3.35. The monoisotopic (exact) mass is 418 g/mol. The van der Waals surface area contributed by atoms with E-state index in [9.17, 15) is 40.3 Å². The predicted octanol–water partition coefficient (Wildman–Crippen LogP) is 0.872. The SMILES string of the molecule is O=C(O)c1ccc(OC(F)(F)F)cc1N(N1CCS(=O)(=O)CC1)S(=O)O. The summed E-state index contributed by atoms with van der Waals surface area (Å²) in [5.74, 6) is -3.07. The average molecular weight is 418 g/mol. The Bertz CT molecular complexity index is 815. The Kier molecular flexibility index (Phi) is 5.79. The lowest BCUT2D eigenvalue weighted by Gasteiger charge is -2.36. The highest BCUT2D eigenvalue weighted by molar-refractivity contribution is 7.91. The molecule has 0 spiro atoms. The van der Waals surface area contributed by atoms with E-state index in [0.29, 0.717) is 10.5 Å². The smallest absolute Gasteiger partial charge is 0.478 e. The van der Waals surface area contributed by atoms with Crippen molar-refractivity contribution in [2.45, 2.75) is 6.36 Å². The topological polar surface area (TPSA) is 124 Å². The van der Waals surface area contributed by atoms with Crippen LogP contribution in [0.1, 0.15) is 10.4 Å². The standard InChI is InChI=1S/C12H13F3N2O7S2/c13-12(14,15)24-8-1-2-9(11(18)19)10(7-8)17(25(20)21)16-3-5-26(22,23)6-4-16/h1-2,7H,3-6H2,(H,18,19)(H,20,21). The second-order valence-electron chi connectivity index (χ2n) is 5.14. The molecule has 0 amide bonds. The third-order valence-corrected chi connectivity index (χ3v) is 5.70. The Morgan fingerprint density at radius 1 is 1.27 bits per heavy atom. The number of sulfone groups is 1. The van der Waals surface area contributed by atoms with Gasteiger partial charge in [0.1, 0.15) is 5.75 Å². The number of carboxylic acid groups (broad SMARTS) is 1. The lowest BCUT2D eigenvalue weighted by molar-refractivity contribution is -0.274. The number of rotatable bonds is 5. The number of anilines is 1. The zero-order chi connectivity index (χ0) is 19.7. The van der Waals surface area contributed by atoms with Gasteiger partial charge in [-0.3, -0.25) is 4.55 Å². The molecule has 2 rings (SSSR count). The van der Waals surface area contributed by atoms with Gasteiger partial charge in [0.05, 0.1) is 22.8 Å². The number of ether oxygens (including phenoxy) is 1. The molecule has 1 saturated heterocycles. The van der Waals surface area contributed by atoms with E-state index < -0.39 is 50.4 Å². The Labute approximate surface area is 148 Å². The van der Waals surface area contributed by atoms with Crippen LogP contribution in [0.5, 0.6) is 5.75 Å². The van der Waals surface area contributed by atoms with Crippen LogP contribution in [0.15, 0.2) is 18.2 Å². The fourth-order valence-electron chi connectivity index (χ4n) is 2.27. The number of hydrogen-bond acceptors (Lipinski definition) is 6. The van der Waals surface area contributed by atoms with Crippen molar-refractivity contribution in [2.24, 2.45) is 0 Å². The largest absolute Gasteiger partial charge is 0.573 e. The molecule has 14 heteroatoms. The summed E-state index contributed by atoms with van der Waals surface area (Å²) in [4.78, 5) is 11.3. The summed E-state index contributed by atoms with van der Waals surface area (Å²) in [6, 6.07) is 2.19. The third kappa shape index (κ3) is 5.06. The minimum absolute atomic E-state index is 0.238. The van der Waals surface area contributed by atoms with Crippen molar-refractivity contribution in [1.29, 1.82) is 0 Å². The maximum atomic E-state index is 12.4. The number of nitrogens with zero attached hydrogens (tertiary/aromatic N) is 2. The van der Waals surface area contributed by atoms with Gasteiger partial charge in [0.2, 0.25) is 0 Å². The normalized spacial score (nSPS) is 18.9. The van der Waals surface area contributed by atoms with Crippen molar-refractivity contribution in [3.8, 4) is 5.75 Å². The van der Waals surface area contributed by atoms with Crippen molar-refractivity contribution in [3.05, 3.63) is 23.8 Å². The zero-order valence-electron chi connectivity index (χ0n) is 12.8. The average Bonchev–Trinajstić information content (AvgIpc) is 2.47. The number of benzene rings is 1. The number of alkyl halides is 3. The van der Waals surface area contributed by atoms with Gasteiger partial charge >= 0.3 is 12.3 Å². The van der Waals surface area contributed by atoms with Gasteiger partial charge < -0.3 is 9.84 Å². The van der Waals surface area contributed by atoms with Crippen molar-refractivity contribution in [3.63, 3.8) is 0 Å². The molecule has 9 nitrogen and oxygen atoms in total. The molecular weight excluding hydrogens is 405 g/mol. The lowest BCUT2D eigenvalue weighted by Crippen LogP contribution is -2.51. The fourth-order valence-corrected chi connectivity index (χ4v) is 4.13. The van der Waals surface area contributed by atoms with E-state index in [4.69, 9.17) is 0 Å². The molecule has 1 atom stereocenters. The molecule has 2 N–H and O–H groups in total. The molecule has 1 aromatic carbocycles. The Hall–Kier alpha value is -1.90. The van der Waals surface area contributed by atoms with Gasteiger partial charge in [-0.2, -0.15) is 4.41 Å². The molecule has 1 aliphatic heterocycles. The highest BCUT2D eigenvalue weighted by Crippen LogP contribution is 2.32. The highest BCUT2D eigenvalue weighted by atomic mass is 32.2. The van der Waals surface area contributed by atoms with Crippen LogP contribution in [0.3, 0.4) is 0 Å². The quantitative estimate of drug-likeness (QED) is 0.675. The maximum Gasteiger partial charge on any atom is 0.573 e. The fraction of sp³-hybridized carbons (Fsp3) is 0.417. The summed E-state index contributed by atoms with van der Waals surface area (Å²) in [6.45, 7) is -0.476. The Balaban J connectivity index is 2.47. The molecule has 0 aliphatic carbocycles. The molecule has 146 valence electrons. The molecule has 26 heavy (non-hydrogen) atoms. The number of aromatic carboxylic acids is 1. The maximum absolute atomic E-state index is 12.4. The molecule has 0 saturated carbocycles. The van der Waals surface area contributed by atoms with E-state index in [2.05, 4.69) is 4.74 Å².